The van der Waals surface area contributed by atoms with Crippen LogP contribution in [-0.4, -0.2) is 35.7 Å². The molecule has 0 bridgehead atoms. The summed E-state index contributed by atoms with van der Waals surface area (Å²) in [6.07, 6.45) is 4.88. The number of amides is 1. The molecule has 2 aromatic rings. The lowest BCUT2D eigenvalue weighted by Crippen LogP contribution is -2.08. The number of hydrogen-bond donors (Lipinski definition) is 2. The highest BCUT2D eigenvalue weighted by molar-refractivity contribution is 7.14. The Morgan fingerprint density at radius 3 is 2.85 bits per heavy atom. The third-order valence-electron chi connectivity index (χ3n) is 3.48. The van der Waals surface area contributed by atoms with E-state index in [-0.39, 0.29) is 12.3 Å². The quantitative estimate of drug-likeness (QED) is 0.475. The summed E-state index contributed by atoms with van der Waals surface area (Å²) in [7, 11) is 1.57. The Bertz CT molecular complexity index is 816. The molecule has 2 N–H and O–H groups in total. The van der Waals surface area contributed by atoms with E-state index in [1.54, 1.807) is 24.6 Å². The molecule has 27 heavy (non-hydrogen) atoms. The first-order chi connectivity index (χ1) is 13.0. The first-order valence-corrected chi connectivity index (χ1v) is 9.36. The van der Waals surface area contributed by atoms with Crippen LogP contribution in [0.2, 0.25) is 0 Å². The van der Waals surface area contributed by atoms with Crippen LogP contribution in [0.25, 0.3) is 6.08 Å². The van der Waals surface area contributed by atoms with Gasteiger partial charge in [-0.3, -0.25) is 14.9 Å². The molecule has 0 aliphatic rings. The van der Waals surface area contributed by atoms with Crippen molar-refractivity contribution in [3.63, 3.8) is 0 Å². The number of aliphatic carboxylic acids is 1. The van der Waals surface area contributed by atoms with E-state index in [2.05, 4.69) is 17.2 Å². The van der Waals surface area contributed by atoms with Crippen LogP contribution in [0.3, 0.4) is 0 Å². The minimum atomic E-state index is -0.964. The first kappa shape index (κ1) is 20.4. The molecule has 0 atom stereocenters. The number of benzene rings is 1. The molecule has 2 rings (SSSR count). The highest BCUT2D eigenvalue weighted by Gasteiger charge is 2.08. The Balaban J connectivity index is 1.96. The number of hydrogen-bond acceptors (Lipinski definition) is 6. The van der Waals surface area contributed by atoms with Gasteiger partial charge in [0.1, 0.15) is 0 Å². The van der Waals surface area contributed by atoms with Crippen molar-refractivity contribution in [3.8, 4) is 11.5 Å². The van der Waals surface area contributed by atoms with Gasteiger partial charge < -0.3 is 14.6 Å². The van der Waals surface area contributed by atoms with E-state index in [1.807, 2.05) is 12.1 Å². The average molecular weight is 390 g/mol. The zero-order chi connectivity index (χ0) is 19.6. The van der Waals surface area contributed by atoms with Gasteiger partial charge in [-0.1, -0.05) is 19.4 Å². The van der Waals surface area contributed by atoms with Crippen LogP contribution < -0.4 is 14.8 Å². The standard InChI is InChI=1S/C19H22N2O5S/c1-3-4-9-26-15-7-5-13(10-16(15)25-2)6-8-17(22)21-19-20-14(12-27-19)11-18(23)24/h5-8,10,12H,3-4,9,11H2,1-2H3,(H,23,24)(H,20,21,22)/b8-6+. The number of unbranched alkanes of at least 4 members (excludes halogenated alkanes) is 1. The van der Waals surface area contributed by atoms with Crippen LogP contribution in [0, 0.1) is 0 Å². The van der Waals surface area contributed by atoms with Gasteiger partial charge in [0.15, 0.2) is 16.6 Å². The minimum absolute atomic E-state index is 0.172. The number of methoxy groups -OCH3 is 1. The summed E-state index contributed by atoms with van der Waals surface area (Å²) >= 11 is 1.18. The number of thiazole rings is 1. The van der Waals surface area contributed by atoms with Gasteiger partial charge in [-0.2, -0.15) is 0 Å². The van der Waals surface area contributed by atoms with Gasteiger partial charge in [0, 0.05) is 11.5 Å². The smallest absolute Gasteiger partial charge is 0.309 e. The fourth-order valence-electron chi connectivity index (χ4n) is 2.15. The van der Waals surface area contributed by atoms with Crippen molar-refractivity contribution in [2.75, 3.05) is 19.0 Å². The fourth-order valence-corrected chi connectivity index (χ4v) is 2.87. The number of nitrogens with zero attached hydrogens (tertiary/aromatic N) is 1. The summed E-state index contributed by atoms with van der Waals surface area (Å²) < 4.78 is 11.0. The minimum Gasteiger partial charge on any atom is -0.493 e. The second-order valence-corrected chi connectivity index (χ2v) is 6.51. The third kappa shape index (κ3) is 6.74. The average Bonchev–Trinajstić information content (AvgIpc) is 3.06. The van der Waals surface area contributed by atoms with Crippen LogP contribution in [0.15, 0.2) is 29.7 Å². The number of carbonyl (C=O) groups is 2. The van der Waals surface area contributed by atoms with E-state index in [0.29, 0.717) is 28.9 Å². The van der Waals surface area contributed by atoms with E-state index in [1.165, 1.54) is 17.4 Å². The van der Waals surface area contributed by atoms with E-state index < -0.39 is 5.97 Å². The van der Waals surface area contributed by atoms with Gasteiger partial charge in [0.25, 0.3) is 0 Å². The fraction of sp³-hybridized carbons (Fsp3) is 0.316. The summed E-state index contributed by atoms with van der Waals surface area (Å²) in [5.41, 5.74) is 1.20. The molecular formula is C19H22N2O5S. The first-order valence-electron chi connectivity index (χ1n) is 8.48. The number of carbonyl (C=O) groups excluding carboxylic acids is 1. The summed E-state index contributed by atoms with van der Waals surface area (Å²) in [5, 5.41) is 13.3. The largest absolute Gasteiger partial charge is 0.493 e. The van der Waals surface area contributed by atoms with Crippen molar-refractivity contribution in [3.05, 3.63) is 40.9 Å². The molecule has 1 heterocycles. The highest BCUT2D eigenvalue weighted by Crippen LogP contribution is 2.28. The van der Waals surface area contributed by atoms with E-state index in [0.717, 1.165) is 18.4 Å². The number of carboxylic acid groups (broad SMARTS) is 1. The Morgan fingerprint density at radius 2 is 2.15 bits per heavy atom. The molecular weight excluding hydrogens is 368 g/mol. The number of aromatic nitrogens is 1. The number of carboxylic acids is 1. The SMILES string of the molecule is CCCCOc1ccc(/C=C/C(=O)Nc2nc(CC(=O)O)cs2)cc1OC. The molecule has 1 aromatic carbocycles. The van der Waals surface area contributed by atoms with Crippen molar-refractivity contribution in [1.29, 1.82) is 0 Å². The zero-order valence-electron chi connectivity index (χ0n) is 15.2. The normalized spacial score (nSPS) is 10.7. The summed E-state index contributed by atoms with van der Waals surface area (Å²) in [6, 6.07) is 5.44. The van der Waals surface area contributed by atoms with Gasteiger partial charge in [-0.15, -0.1) is 11.3 Å². The van der Waals surface area contributed by atoms with Gasteiger partial charge >= 0.3 is 5.97 Å². The molecule has 0 aliphatic carbocycles. The van der Waals surface area contributed by atoms with E-state index >= 15 is 0 Å². The molecule has 7 nitrogen and oxygen atoms in total. The molecule has 0 fully saturated rings. The highest BCUT2D eigenvalue weighted by atomic mass is 32.1. The molecule has 0 unspecified atom stereocenters. The van der Waals surface area contributed by atoms with Gasteiger partial charge in [0.05, 0.1) is 25.8 Å². The monoisotopic (exact) mass is 390 g/mol. The van der Waals surface area contributed by atoms with Crippen molar-refractivity contribution in [1.82, 2.24) is 4.98 Å². The molecule has 0 saturated carbocycles. The molecule has 0 aliphatic heterocycles. The van der Waals surface area contributed by atoms with Crippen LogP contribution >= 0.6 is 11.3 Å². The maximum atomic E-state index is 12.0. The molecule has 0 radical (unpaired) electrons. The number of rotatable bonds is 10. The molecule has 1 amide bonds. The lowest BCUT2D eigenvalue weighted by atomic mass is 10.2. The zero-order valence-corrected chi connectivity index (χ0v) is 16.0. The number of ether oxygens (including phenoxy) is 2. The molecule has 0 spiro atoms. The lowest BCUT2D eigenvalue weighted by Gasteiger charge is -2.10. The van der Waals surface area contributed by atoms with Gasteiger partial charge in [-0.05, 0) is 30.2 Å². The Kier molecular flexibility index (Phi) is 7.81. The number of nitrogens with one attached hydrogen (secondary N) is 1. The van der Waals surface area contributed by atoms with Crippen LogP contribution in [0.5, 0.6) is 11.5 Å². The van der Waals surface area contributed by atoms with E-state index in [9.17, 15) is 9.59 Å². The van der Waals surface area contributed by atoms with E-state index in [4.69, 9.17) is 14.6 Å². The summed E-state index contributed by atoms with van der Waals surface area (Å²) in [6.45, 7) is 2.72. The summed E-state index contributed by atoms with van der Waals surface area (Å²) in [4.78, 5) is 26.7. The second-order valence-electron chi connectivity index (χ2n) is 5.65. The predicted octanol–water partition coefficient (Wildman–Crippen LogP) is 3.61. The van der Waals surface area contributed by atoms with Crippen molar-refractivity contribution in [2.45, 2.75) is 26.2 Å². The maximum absolute atomic E-state index is 12.0. The van der Waals surface area contributed by atoms with Crippen LogP contribution in [-0.2, 0) is 16.0 Å². The van der Waals surface area contributed by atoms with Crippen molar-refractivity contribution < 1.29 is 24.2 Å². The van der Waals surface area contributed by atoms with Crippen LogP contribution in [0.4, 0.5) is 5.13 Å². The Morgan fingerprint density at radius 1 is 1.33 bits per heavy atom. The van der Waals surface area contributed by atoms with Crippen molar-refractivity contribution in [2.24, 2.45) is 0 Å². The molecule has 144 valence electrons. The van der Waals surface area contributed by atoms with Crippen molar-refractivity contribution >= 4 is 34.4 Å². The number of anilines is 1. The Hall–Kier alpha value is -2.87. The maximum Gasteiger partial charge on any atom is 0.309 e. The molecule has 1 aromatic heterocycles. The molecule has 0 saturated heterocycles. The van der Waals surface area contributed by atoms with Gasteiger partial charge in [0.2, 0.25) is 5.91 Å². The third-order valence-corrected chi connectivity index (χ3v) is 4.29. The molecule has 8 heteroatoms. The van der Waals surface area contributed by atoms with Gasteiger partial charge in [-0.25, -0.2) is 4.98 Å². The summed E-state index contributed by atoms with van der Waals surface area (Å²) in [5.74, 6) is -0.0456. The Labute approximate surface area is 161 Å². The van der Waals surface area contributed by atoms with Crippen LogP contribution in [0.1, 0.15) is 31.0 Å². The lowest BCUT2D eigenvalue weighted by molar-refractivity contribution is -0.136. The topological polar surface area (TPSA) is 97.8 Å². The second kappa shape index (κ2) is 10.3. The predicted molar refractivity (Wildman–Crippen MR) is 105 cm³/mol.